The van der Waals surface area contributed by atoms with Crippen LogP contribution in [0, 0.1) is 5.82 Å². The number of Topliss-reactive ketones (excluding diaryl/α,β-unsaturated/α-hetero) is 1. The van der Waals surface area contributed by atoms with Gasteiger partial charge in [-0.15, -0.1) is 0 Å². The Hall–Kier alpha value is -2.43. The van der Waals surface area contributed by atoms with Crippen molar-refractivity contribution in [3.05, 3.63) is 59.2 Å². The summed E-state index contributed by atoms with van der Waals surface area (Å²) in [6, 6.07) is 7.12. The van der Waals surface area contributed by atoms with Gasteiger partial charge >= 0.3 is 5.97 Å². The molecule has 1 aromatic heterocycles. The average molecular weight is 261 g/mol. The summed E-state index contributed by atoms with van der Waals surface area (Å²) in [4.78, 5) is 22.4. The van der Waals surface area contributed by atoms with Gasteiger partial charge in [-0.05, 0) is 30.7 Å². The van der Waals surface area contributed by atoms with Gasteiger partial charge < -0.3 is 9.67 Å². The number of aromatic nitrogens is 1. The number of ketones is 1. The fourth-order valence-corrected chi connectivity index (χ4v) is 1.80. The topological polar surface area (TPSA) is 59.3 Å². The van der Waals surface area contributed by atoms with Gasteiger partial charge in [0.15, 0.2) is 5.78 Å². The second-order valence-corrected chi connectivity index (χ2v) is 4.23. The maximum atomic E-state index is 12.8. The predicted molar refractivity (Wildman–Crippen MR) is 66.9 cm³/mol. The quantitative estimate of drug-likeness (QED) is 0.860. The maximum absolute atomic E-state index is 12.8. The lowest BCUT2D eigenvalue weighted by atomic mass is 10.2. The van der Waals surface area contributed by atoms with E-state index in [4.69, 9.17) is 5.11 Å². The Kier molecular flexibility index (Phi) is 3.46. The molecule has 0 aliphatic heterocycles. The van der Waals surface area contributed by atoms with Crippen molar-refractivity contribution >= 4 is 11.8 Å². The molecule has 2 rings (SSSR count). The average Bonchev–Trinajstić information content (AvgIpc) is 2.76. The van der Waals surface area contributed by atoms with Crippen molar-refractivity contribution < 1.29 is 19.1 Å². The van der Waals surface area contributed by atoms with Crippen molar-refractivity contribution in [3.63, 3.8) is 0 Å². The Morgan fingerprint density at radius 3 is 2.42 bits per heavy atom. The third-order valence-electron chi connectivity index (χ3n) is 2.79. The highest BCUT2D eigenvalue weighted by molar-refractivity contribution is 5.97. The van der Waals surface area contributed by atoms with Crippen LogP contribution in [0.4, 0.5) is 4.39 Å². The molecule has 5 heteroatoms. The molecule has 0 amide bonds. The number of carbonyl (C=O) groups excluding carboxylic acids is 1. The molecule has 4 nitrogen and oxygen atoms in total. The number of hydrogen-bond acceptors (Lipinski definition) is 2. The standard InChI is InChI=1S/C14H12FNO3/c1-9(17)11-6-13(14(18)19)16(8-11)7-10-2-4-12(15)5-3-10/h2-6,8H,7H2,1H3,(H,18,19). The van der Waals surface area contributed by atoms with E-state index in [1.54, 1.807) is 12.1 Å². The molecule has 0 aliphatic rings. The Morgan fingerprint density at radius 1 is 1.26 bits per heavy atom. The first-order chi connectivity index (χ1) is 8.97. The minimum absolute atomic E-state index is 0.0366. The molecule has 19 heavy (non-hydrogen) atoms. The van der Waals surface area contributed by atoms with Crippen LogP contribution in [0.5, 0.6) is 0 Å². The van der Waals surface area contributed by atoms with Gasteiger partial charge in [-0.3, -0.25) is 4.79 Å². The molecular weight excluding hydrogens is 249 g/mol. The molecule has 0 radical (unpaired) electrons. The summed E-state index contributed by atoms with van der Waals surface area (Å²) in [6.45, 7) is 1.65. The lowest BCUT2D eigenvalue weighted by Crippen LogP contribution is -2.08. The molecule has 1 N–H and O–H groups in total. The van der Waals surface area contributed by atoms with Gasteiger partial charge in [0.25, 0.3) is 0 Å². The normalized spacial score (nSPS) is 10.4. The van der Waals surface area contributed by atoms with E-state index in [1.165, 1.54) is 35.9 Å². The lowest BCUT2D eigenvalue weighted by Gasteiger charge is -2.06. The van der Waals surface area contributed by atoms with Gasteiger partial charge in [-0.1, -0.05) is 12.1 Å². The van der Waals surface area contributed by atoms with E-state index in [0.29, 0.717) is 5.56 Å². The minimum Gasteiger partial charge on any atom is -0.477 e. The van der Waals surface area contributed by atoms with Crippen LogP contribution in [0.15, 0.2) is 36.5 Å². The Labute approximate surface area is 109 Å². The molecule has 1 aromatic carbocycles. The van der Waals surface area contributed by atoms with Crippen molar-refractivity contribution in [2.75, 3.05) is 0 Å². The van der Waals surface area contributed by atoms with Crippen LogP contribution in [0.1, 0.15) is 33.3 Å². The highest BCUT2D eigenvalue weighted by Crippen LogP contribution is 2.13. The first kappa shape index (κ1) is 13.0. The zero-order valence-electron chi connectivity index (χ0n) is 10.3. The van der Waals surface area contributed by atoms with E-state index in [1.807, 2.05) is 0 Å². The number of nitrogens with zero attached hydrogens (tertiary/aromatic N) is 1. The van der Waals surface area contributed by atoms with E-state index < -0.39 is 5.97 Å². The van der Waals surface area contributed by atoms with Crippen LogP contribution >= 0.6 is 0 Å². The van der Waals surface area contributed by atoms with Gasteiger partial charge in [0.05, 0.1) is 0 Å². The van der Waals surface area contributed by atoms with Crippen molar-refractivity contribution in [1.82, 2.24) is 4.57 Å². The summed E-state index contributed by atoms with van der Waals surface area (Å²) in [5.41, 5.74) is 1.14. The second kappa shape index (κ2) is 5.06. The molecule has 0 aliphatic carbocycles. The van der Waals surface area contributed by atoms with Crippen LogP contribution in [0.2, 0.25) is 0 Å². The van der Waals surface area contributed by atoms with E-state index >= 15 is 0 Å². The van der Waals surface area contributed by atoms with Crippen molar-refractivity contribution in [2.45, 2.75) is 13.5 Å². The van der Waals surface area contributed by atoms with Gasteiger partial charge in [0.1, 0.15) is 11.5 Å². The van der Waals surface area contributed by atoms with Crippen LogP contribution in [-0.2, 0) is 6.54 Å². The highest BCUT2D eigenvalue weighted by atomic mass is 19.1. The fraction of sp³-hybridized carbons (Fsp3) is 0.143. The summed E-state index contributed by atoms with van der Waals surface area (Å²) in [5, 5.41) is 9.09. The fourth-order valence-electron chi connectivity index (χ4n) is 1.80. The van der Waals surface area contributed by atoms with Gasteiger partial charge in [0.2, 0.25) is 0 Å². The zero-order valence-corrected chi connectivity index (χ0v) is 10.3. The third kappa shape index (κ3) is 2.88. The van der Waals surface area contributed by atoms with Gasteiger partial charge in [-0.25, -0.2) is 9.18 Å². The molecule has 2 aromatic rings. The number of rotatable bonds is 4. The molecule has 98 valence electrons. The number of aromatic carboxylic acids is 1. The first-order valence-corrected chi connectivity index (χ1v) is 5.66. The lowest BCUT2D eigenvalue weighted by molar-refractivity contribution is 0.0685. The maximum Gasteiger partial charge on any atom is 0.352 e. The van der Waals surface area contributed by atoms with E-state index in [-0.39, 0.29) is 23.8 Å². The van der Waals surface area contributed by atoms with Crippen LogP contribution < -0.4 is 0 Å². The molecular formula is C14H12FNO3. The number of benzene rings is 1. The summed E-state index contributed by atoms with van der Waals surface area (Å²) >= 11 is 0. The van der Waals surface area contributed by atoms with Crippen molar-refractivity contribution in [1.29, 1.82) is 0 Å². The Bertz CT molecular complexity index is 629. The highest BCUT2D eigenvalue weighted by Gasteiger charge is 2.14. The van der Waals surface area contributed by atoms with Crippen LogP contribution in [-0.4, -0.2) is 21.4 Å². The minimum atomic E-state index is -1.10. The third-order valence-corrected chi connectivity index (χ3v) is 2.79. The molecule has 1 heterocycles. The molecule has 0 atom stereocenters. The number of halogens is 1. The molecule has 0 unspecified atom stereocenters. The van der Waals surface area contributed by atoms with Crippen LogP contribution in [0.25, 0.3) is 0 Å². The van der Waals surface area contributed by atoms with E-state index in [2.05, 4.69) is 0 Å². The number of carbonyl (C=O) groups is 2. The zero-order chi connectivity index (χ0) is 14.0. The number of hydrogen-bond donors (Lipinski definition) is 1. The van der Waals surface area contributed by atoms with Crippen molar-refractivity contribution in [3.8, 4) is 0 Å². The van der Waals surface area contributed by atoms with Crippen LogP contribution in [0.3, 0.4) is 0 Å². The molecule has 0 saturated heterocycles. The second-order valence-electron chi connectivity index (χ2n) is 4.23. The smallest absolute Gasteiger partial charge is 0.352 e. The van der Waals surface area contributed by atoms with E-state index in [0.717, 1.165) is 5.56 Å². The first-order valence-electron chi connectivity index (χ1n) is 5.66. The van der Waals surface area contributed by atoms with Gasteiger partial charge in [-0.2, -0.15) is 0 Å². The van der Waals surface area contributed by atoms with E-state index in [9.17, 15) is 14.0 Å². The molecule has 0 spiro atoms. The predicted octanol–water partition coefficient (Wildman–Crippen LogP) is 2.58. The summed E-state index contributed by atoms with van der Waals surface area (Å²) in [5.74, 6) is -1.64. The molecule has 0 fully saturated rings. The van der Waals surface area contributed by atoms with Crippen molar-refractivity contribution in [2.24, 2.45) is 0 Å². The number of carboxylic acid groups (broad SMARTS) is 1. The number of carboxylic acids is 1. The van der Waals surface area contributed by atoms with Gasteiger partial charge in [0, 0.05) is 18.3 Å². The Balaban J connectivity index is 2.35. The molecule has 0 bridgehead atoms. The monoisotopic (exact) mass is 261 g/mol. The largest absolute Gasteiger partial charge is 0.477 e. The SMILES string of the molecule is CC(=O)c1cc(C(=O)O)n(Cc2ccc(F)cc2)c1. The molecule has 0 saturated carbocycles. The summed E-state index contributed by atoms with van der Waals surface area (Å²) < 4.78 is 14.3. The summed E-state index contributed by atoms with van der Waals surface area (Å²) in [6.07, 6.45) is 1.50. The Morgan fingerprint density at radius 2 is 1.89 bits per heavy atom. The summed E-state index contributed by atoms with van der Waals surface area (Å²) in [7, 11) is 0.